The largest absolute Gasteiger partial charge is 0.395 e. The van der Waals surface area contributed by atoms with E-state index in [2.05, 4.69) is 16.8 Å². The average molecular weight is 286 g/mol. The van der Waals surface area contributed by atoms with Crippen LogP contribution in [0.3, 0.4) is 0 Å². The molecule has 0 aliphatic heterocycles. The van der Waals surface area contributed by atoms with E-state index in [-0.39, 0.29) is 12.5 Å². The molecule has 0 saturated heterocycles. The number of rotatable bonds is 4. The van der Waals surface area contributed by atoms with Crippen molar-refractivity contribution in [3.05, 3.63) is 29.6 Å². The first-order chi connectivity index (χ1) is 10.3. The Morgan fingerprint density at radius 2 is 2.19 bits per heavy atom. The molecular weight excluding hydrogens is 264 g/mol. The van der Waals surface area contributed by atoms with E-state index in [9.17, 15) is 4.79 Å². The quantitative estimate of drug-likeness (QED) is 0.864. The van der Waals surface area contributed by atoms with E-state index in [1.807, 2.05) is 11.8 Å². The number of aromatic nitrogens is 1. The Morgan fingerprint density at radius 1 is 1.43 bits per heavy atom. The Hall–Kier alpha value is -1.86. The molecule has 1 aliphatic rings. The van der Waals surface area contributed by atoms with Crippen molar-refractivity contribution in [2.24, 2.45) is 0 Å². The van der Waals surface area contributed by atoms with Crippen molar-refractivity contribution >= 4 is 5.91 Å². The van der Waals surface area contributed by atoms with Crippen LogP contribution in [0.1, 0.15) is 54.9 Å². The van der Waals surface area contributed by atoms with Crippen molar-refractivity contribution < 1.29 is 9.90 Å². The zero-order valence-corrected chi connectivity index (χ0v) is 12.5. The summed E-state index contributed by atoms with van der Waals surface area (Å²) in [5.74, 6) is 5.82. The fourth-order valence-electron chi connectivity index (χ4n) is 2.80. The van der Waals surface area contributed by atoms with Crippen LogP contribution in [0.4, 0.5) is 0 Å². The molecule has 1 heterocycles. The third-order valence-electron chi connectivity index (χ3n) is 3.82. The molecular formula is C17H22N2O2. The molecule has 2 rings (SSSR count). The van der Waals surface area contributed by atoms with Crippen molar-refractivity contribution in [3.63, 3.8) is 0 Å². The van der Waals surface area contributed by atoms with Crippen LogP contribution in [-0.2, 0) is 0 Å². The molecule has 0 atom stereocenters. The molecule has 0 radical (unpaired) electrons. The Balaban J connectivity index is 2.14. The molecule has 1 aromatic heterocycles. The molecule has 1 amide bonds. The molecule has 21 heavy (non-hydrogen) atoms. The van der Waals surface area contributed by atoms with E-state index in [1.54, 1.807) is 18.5 Å². The maximum atomic E-state index is 12.6. The summed E-state index contributed by atoms with van der Waals surface area (Å²) in [5, 5.41) is 8.73. The minimum absolute atomic E-state index is 0.0442. The van der Waals surface area contributed by atoms with Gasteiger partial charge in [-0.3, -0.25) is 9.78 Å². The van der Waals surface area contributed by atoms with Crippen LogP contribution >= 0.6 is 0 Å². The summed E-state index contributed by atoms with van der Waals surface area (Å²) >= 11 is 0. The molecule has 1 fully saturated rings. The summed E-state index contributed by atoms with van der Waals surface area (Å²) < 4.78 is 0. The van der Waals surface area contributed by atoms with Gasteiger partial charge in [-0.2, -0.15) is 0 Å². The first kappa shape index (κ1) is 15.5. The molecule has 0 spiro atoms. The normalized spacial score (nSPS) is 14.6. The molecule has 0 aromatic carbocycles. The summed E-state index contributed by atoms with van der Waals surface area (Å²) in [5.41, 5.74) is 1.32. The highest BCUT2D eigenvalue weighted by molar-refractivity contribution is 5.94. The predicted molar refractivity (Wildman–Crippen MR) is 81.8 cm³/mol. The lowest BCUT2D eigenvalue weighted by Crippen LogP contribution is -2.38. The molecule has 0 bridgehead atoms. The second kappa shape index (κ2) is 7.80. The van der Waals surface area contributed by atoms with Crippen molar-refractivity contribution in [2.75, 3.05) is 13.2 Å². The number of hydrogen-bond donors (Lipinski definition) is 1. The number of aliphatic hydroxyl groups excluding tert-OH is 1. The molecule has 1 N–H and O–H groups in total. The lowest BCUT2D eigenvalue weighted by molar-refractivity contribution is 0.0693. The van der Waals surface area contributed by atoms with Gasteiger partial charge in [-0.1, -0.05) is 24.7 Å². The average Bonchev–Trinajstić information content (AvgIpc) is 3.03. The summed E-state index contributed by atoms with van der Waals surface area (Å²) in [7, 11) is 0. The number of pyridine rings is 1. The van der Waals surface area contributed by atoms with Crippen LogP contribution in [0.2, 0.25) is 0 Å². The lowest BCUT2D eigenvalue weighted by Gasteiger charge is -2.27. The number of amides is 1. The van der Waals surface area contributed by atoms with Gasteiger partial charge in [0.25, 0.3) is 5.91 Å². The molecule has 4 nitrogen and oxygen atoms in total. The predicted octanol–water partition coefficient (Wildman–Crippen LogP) is 2.22. The molecule has 1 aliphatic carbocycles. The minimum Gasteiger partial charge on any atom is -0.395 e. The topological polar surface area (TPSA) is 53.4 Å². The van der Waals surface area contributed by atoms with Gasteiger partial charge < -0.3 is 10.0 Å². The number of hydrogen-bond acceptors (Lipinski definition) is 3. The van der Waals surface area contributed by atoms with Gasteiger partial charge in [0.2, 0.25) is 0 Å². The molecule has 0 unspecified atom stereocenters. The van der Waals surface area contributed by atoms with Gasteiger partial charge in [0, 0.05) is 37.0 Å². The van der Waals surface area contributed by atoms with Gasteiger partial charge in [-0.15, -0.1) is 0 Å². The van der Waals surface area contributed by atoms with Crippen LogP contribution in [0.25, 0.3) is 0 Å². The third-order valence-corrected chi connectivity index (χ3v) is 3.82. The van der Waals surface area contributed by atoms with Gasteiger partial charge in [-0.25, -0.2) is 0 Å². The van der Waals surface area contributed by atoms with Crippen LogP contribution in [0.15, 0.2) is 18.5 Å². The highest BCUT2D eigenvalue weighted by atomic mass is 16.2. The van der Waals surface area contributed by atoms with Gasteiger partial charge in [0.05, 0.1) is 12.2 Å². The Labute approximate surface area is 126 Å². The Kier molecular flexibility index (Phi) is 5.77. The monoisotopic (exact) mass is 286 g/mol. The van der Waals surface area contributed by atoms with E-state index < -0.39 is 0 Å². The first-order valence-corrected chi connectivity index (χ1v) is 7.62. The zero-order valence-electron chi connectivity index (χ0n) is 12.5. The molecule has 112 valence electrons. The van der Waals surface area contributed by atoms with E-state index in [0.717, 1.165) is 24.9 Å². The summed E-state index contributed by atoms with van der Waals surface area (Å²) in [6, 6.07) is 2.16. The van der Waals surface area contributed by atoms with Crippen LogP contribution in [-0.4, -0.2) is 40.1 Å². The van der Waals surface area contributed by atoms with E-state index in [4.69, 9.17) is 5.11 Å². The Bertz CT molecular complexity index is 539. The smallest absolute Gasteiger partial charge is 0.255 e. The number of carbonyl (C=O) groups is 1. The number of carbonyl (C=O) groups excluding carboxylic acids is 1. The molecule has 1 aromatic rings. The second-order valence-corrected chi connectivity index (χ2v) is 5.27. The first-order valence-electron chi connectivity index (χ1n) is 7.62. The van der Waals surface area contributed by atoms with Crippen LogP contribution in [0, 0.1) is 11.8 Å². The highest BCUT2D eigenvalue weighted by Crippen LogP contribution is 2.24. The fraction of sp³-hybridized carbons (Fsp3) is 0.529. The lowest BCUT2D eigenvalue weighted by atomic mass is 10.1. The second-order valence-electron chi connectivity index (χ2n) is 5.27. The fourth-order valence-corrected chi connectivity index (χ4v) is 2.80. The Morgan fingerprint density at radius 3 is 2.86 bits per heavy atom. The van der Waals surface area contributed by atoms with Crippen molar-refractivity contribution in [1.82, 2.24) is 9.88 Å². The SMILES string of the molecule is CCN(C(=O)c1cncc(C#CCCO)c1)C1CCCC1. The highest BCUT2D eigenvalue weighted by Gasteiger charge is 2.26. The van der Waals surface area contributed by atoms with E-state index >= 15 is 0 Å². The zero-order chi connectivity index (χ0) is 15.1. The standard InChI is InChI=1S/C17H22N2O2/c1-2-19(16-8-3-4-9-16)17(21)15-11-14(12-18-13-15)7-5-6-10-20/h11-13,16,20H,2-4,6,8-10H2,1H3. The van der Waals surface area contributed by atoms with Crippen molar-refractivity contribution in [3.8, 4) is 11.8 Å². The van der Waals surface area contributed by atoms with Crippen LogP contribution in [0.5, 0.6) is 0 Å². The number of nitrogens with zero attached hydrogens (tertiary/aromatic N) is 2. The molecule has 4 heteroatoms. The summed E-state index contributed by atoms with van der Waals surface area (Å²) in [4.78, 5) is 18.7. The van der Waals surface area contributed by atoms with E-state index in [1.165, 1.54) is 12.8 Å². The van der Waals surface area contributed by atoms with Gasteiger partial charge in [0.1, 0.15) is 0 Å². The van der Waals surface area contributed by atoms with Gasteiger partial charge in [0.15, 0.2) is 0 Å². The summed E-state index contributed by atoms with van der Waals surface area (Å²) in [6.45, 7) is 2.79. The minimum atomic E-state index is 0.0442. The van der Waals surface area contributed by atoms with Crippen LogP contribution < -0.4 is 0 Å². The maximum absolute atomic E-state index is 12.6. The van der Waals surface area contributed by atoms with Crippen molar-refractivity contribution in [2.45, 2.75) is 45.1 Å². The molecule has 1 saturated carbocycles. The van der Waals surface area contributed by atoms with E-state index in [0.29, 0.717) is 18.0 Å². The third kappa shape index (κ3) is 4.05. The maximum Gasteiger partial charge on any atom is 0.255 e. The number of aliphatic hydroxyl groups is 1. The summed E-state index contributed by atoms with van der Waals surface area (Å²) in [6.07, 6.45) is 8.30. The van der Waals surface area contributed by atoms with Gasteiger partial charge in [-0.05, 0) is 25.8 Å². The van der Waals surface area contributed by atoms with Gasteiger partial charge >= 0.3 is 0 Å². The van der Waals surface area contributed by atoms with Crippen molar-refractivity contribution in [1.29, 1.82) is 0 Å².